The van der Waals surface area contributed by atoms with E-state index in [2.05, 4.69) is 9.88 Å². The standard InChI is InChI=1S/C14H19N3O3/c1-20-13(18)8-11-4-2-3-7-17(11)12-6-5-10(9-16-12)14(15)19/h5-6,9,11H,2-4,7-8H2,1H3,(H2,15,19). The number of methoxy groups -OCH3 is 1. The third-order valence-corrected chi connectivity index (χ3v) is 3.58. The summed E-state index contributed by atoms with van der Waals surface area (Å²) in [5.74, 6) is 0.0630. The number of carbonyl (C=O) groups is 2. The lowest BCUT2D eigenvalue weighted by molar-refractivity contribution is -0.141. The van der Waals surface area contributed by atoms with Crippen molar-refractivity contribution in [2.75, 3.05) is 18.6 Å². The molecule has 1 aliphatic rings. The van der Waals surface area contributed by atoms with E-state index in [0.29, 0.717) is 12.0 Å². The zero-order valence-corrected chi connectivity index (χ0v) is 11.5. The summed E-state index contributed by atoms with van der Waals surface area (Å²) in [6.07, 6.45) is 4.93. The van der Waals surface area contributed by atoms with Crippen LogP contribution in [0.2, 0.25) is 0 Å². The lowest BCUT2D eigenvalue weighted by Crippen LogP contribution is -2.41. The van der Waals surface area contributed by atoms with Gasteiger partial charge in [0.2, 0.25) is 5.91 Å². The number of pyridine rings is 1. The Kier molecular flexibility index (Phi) is 4.55. The average molecular weight is 277 g/mol. The molecule has 0 radical (unpaired) electrons. The first-order chi connectivity index (χ1) is 9.61. The zero-order chi connectivity index (χ0) is 14.5. The van der Waals surface area contributed by atoms with Gasteiger partial charge in [0.05, 0.1) is 19.1 Å². The zero-order valence-electron chi connectivity index (χ0n) is 11.5. The van der Waals surface area contributed by atoms with E-state index in [1.54, 1.807) is 12.1 Å². The Morgan fingerprint density at radius 1 is 1.45 bits per heavy atom. The van der Waals surface area contributed by atoms with Crippen molar-refractivity contribution in [3.63, 3.8) is 0 Å². The van der Waals surface area contributed by atoms with E-state index < -0.39 is 5.91 Å². The number of nitrogens with two attached hydrogens (primary N) is 1. The molecule has 2 heterocycles. The molecule has 1 aliphatic heterocycles. The van der Waals surface area contributed by atoms with Gasteiger partial charge in [-0.05, 0) is 31.4 Å². The molecule has 1 fully saturated rings. The van der Waals surface area contributed by atoms with Crippen molar-refractivity contribution in [1.29, 1.82) is 0 Å². The van der Waals surface area contributed by atoms with Gasteiger partial charge in [-0.25, -0.2) is 4.98 Å². The second-order valence-electron chi connectivity index (χ2n) is 4.89. The topological polar surface area (TPSA) is 85.5 Å². The summed E-state index contributed by atoms with van der Waals surface area (Å²) in [4.78, 5) is 28.9. The predicted octanol–water partition coefficient (Wildman–Crippen LogP) is 1.10. The molecule has 0 bridgehead atoms. The van der Waals surface area contributed by atoms with Crippen LogP contribution < -0.4 is 10.6 Å². The monoisotopic (exact) mass is 277 g/mol. The average Bonchev–Trinajstić information content (AvgIpc) is 2.48. The molecule has 1 atom stereocenters. The summed E-state index contributed by atoms with van der Waals surface area (Å²) >= 11 is 0. The predicted molar refractivity (Wildman–Crippen MR) is 74.4 cm³/mol. The molecular weight excluding hydrogens is 258 g/mol. The summed E-state index contributed by atoms with van der Waals surface area (Å²) in [7, 11) is 1.40. The highest BCUT2D eigenvalue weighted by molar-refractivity contribution is 5.92. The van der Waals surface area contributed by atoms with Crippen molar-refractivity contribution >= 4 is 17.7 Å². The first-order valence-electron chi connectivity index (χ1n) is 6.71. The van der Waals surface area contributed by atoms with Crippen LogP contribution in [0.25, 0.3) is 0 Å². The van der Waals surface area contributed by atoms with Crippen molar-refractivity contribution in [3.05, 3.63) is 23.9 Å². The minimum atomic E-state index is -0.492. The normalized spacial score (nSPS) is 18.6. The third-order valence-electron chi connectivity index (χ3n) is 3.58. The number of ether oxygens (including phenoxy) is 1. The fraction of sp³-hybridized carbons (Fsp3) is 0.500. The smallest absolute Gasteiger partial charge is 0.307 e. The summed E-state index contributed by atoms with van der Waals surface area (Å²) in [6.45, 7) is 0.852. The highest BCUT2D eigenvalue weighted by Crippen LogP contribution is 2.25. The van der Waals surface area contributed by atoms with Crippen LogP contribution in [0.15, 0.2) is 18.3 Å². The van der Waals surface area contributed by atoms with Gasteiger partial charge in [-0.3, -0.25) is 9.59 Å². The Labute approximate surface area is 117 Å². The molecular formula is C14H19N3O3. The largest absolute Gasteiger partial charge is 0.469 e. The lowest BCUT2D eigenvalue weighted by atomic mass is 9.99. The van der Waals surface area contributed by atoms with E-state index in [0.717, 1.165) is 31.6 Å². The number of aromatic nitrogens is 1. The number of piperidine rings is 1. The highest BCUT2D eigenvalue weighted by atomic mass is 16.5. The van der Waals surface area contributed by atoms with Crippen molar-refractivity contribution in [2.24, 2.45) is 5.73 Å². The van der Waals surface area contributed by atoms with E-state index in [-0.39, 0.29) is 12.0 Å². The van der Waals surface area contributed by atoms with Gasteiger partial charge in [0.1, 0.15) is 5.82 Å². The summed E-state index contributed by atoms with van der Waals surface area (Å²) < 4.78 is 4.74. The maximum absolute atomic E-state index is 11.5. The molecule has 1 saturated heterocycles. The molecule has 0 saturated carbocycles. The first-order valence-corrected chi connectivity index (χ1v) is 6.71. The van der Waals surface area contributed by atoms with Crippen LogP contribution in [0.4, 0.5) is 5.82 Å². The molecule has 108 valence electrons. The van der Waals surface area contributed by atoms with Crippen molar-refractivity contribution < 1.29 is 14.3 Å². The van der Waals surface area contributed by atoms with Gasteiger partial charge in [0, 0.05) is 18.8 Å². The number of amides is 1. The number of esters is 1. The Balaban J connectivity index is 2.14. The van der Waals surface area contributed by atoms with Crippen LogP contribution in [-0.2, 0) is 9.53 Å². The summed E-state index contributed by atoms with van der Waals surface area (Å²) in [5.41, 5.74) is 5.58. The second kappa shape index (κ2) is 6.36. The van der Waals surface area contributed by atoms with E-state index >= 15 is 0 Å². The number of primary amides is 1. The number of carbonyl (C=O) groups excluding carboxylic acids is 2. The highest BCUT2D eigenvalue weighted by Gasteiger charge is 2.26. The summed E-state index contributed by atoms with van der Waals surface area (Å²) in [5, 5.41) is 0. The van der Waals surface area contributed by atoms with Gasteiger partial charge in [-0.15, -0.1) is 0 Å². The Morgan fingerprint density at radius 2 is 2.25 bits per heavy atom. The third kappa shape index (κ3) is 3.26. The van der Waals surface area contributed by atoms with Gasteiger partial charge in [0.25, 0.3) is 0 Å². The quantitative estimate of drug-likeness (QED) is 0.833. The van der Waals surface area contributed by atoms with Crippen molar-refractivity contribution in [1.82, 2.24) is 4.98 Å². The molecule has 6 nitrogen and oxygen atoms in total. The molecule has 2 N–H and O–H groups in total. The van der Waals surface area contributed by atoms with Crippen LogP contribution in [0.1, 0.15) is 36.0 Å². The number of hydrogen-bond donors (Lipinski definition) is 1. The molecule has 1 amide bonds. The molecule has 1 aromatic heterocycles. The minimum absolute atomic E-state index is 0.100. The van der Waals surface area contributed by atoms with E-state index in [9.17, 15) is 9.59 Å². The number of hydrogen-bond acceptors (Lipinski definition) is 5. The van der Waals surface area contributed by atoms with E-state index in [1.165, 1.54) is 13.3 Å². The van der Waals surface area contributed by atoms with Crippen molar-refractivity contribution in [2.45, 2.75) is 31.7 Å². The van der Waals surface area contributed by atoms with Gasteiger partial charge in [0.15, 0.2) is 0 Å². The molecule has 0 aromatic carbocycles. The first kappa shape index (κ1) is 14.3. The maximum atomic E-state index is 11.5. The fourth-order valence-electron chi connectivity index (χ4n) is 2.49. The molecule has 0 aliphatic carbocycles. The van der Waals surface area contributed by atoms with Crippen LogP contribution in [0.5, 0.6) is 0 Å². The Bertz CT molecular complexity index is 487. The molecule has 20 heavy (non-hydrogen) atoms. The SMILES string of the molecule is COC(=O)CC1CCCCN1c1ccc(C(N)=O)cn1. The Hall–Kier alpha value is -2.11. The van der Waals surface area contributed by atoms with Gasteiger partial charge < -0.3 is 15.4 Å². The van der Waals surface area contributed by atoms with Gasteiger partial charge in [-0.2, -0.15) is 0 Å². The fourth-order valence-corrected chi connectivity index (χ4v) is 2.49. The lowest BCUT2D eigenvalue weighted by Gasteiger charge is -2.36. The summed E-state index contributed by atoms with van der Waals surface area (Å²) in [6, 6.07) is 3.53. The maximum Gasteiger partial charge on any atom is 0.307 e. The van der Waals surface area contributed by atoms with E-state index in [1.807, 2.05) is 0 Å². The number of rotatable bonds is 4. The van der Waals surface area contributed by atoms with Gasteiger partial charge in [-0.1, -0.05) is 0 Å². The second-order valence-corrected chi connectivity index (χ2v) is 4.89. The van der Waals surface area contributed by atoms with E-state index in [4.69, 9.17) is 10.5 Å². The van der Waals surface area contributed by atoms with Crippen LogP contribution in [0.3, 0.4) is 0 Å². The molecule has 6 heteroatoms. The van der Waals surface area contributed by atoms with Crippen molar-refractivity contribution in [3.8, 4) is 0 Å². The molecule has 1 unspecified atom stereocenters. The van der Waals surface area contributed by atoms with Crippen LogP contribution >= 0.6 is 0 Å². The number of nitrogens with zero attached hydrogens (tertiary/aromatic N) is 2. The van der Waals surface area contributed by atoms with Crippen LogP contribution in [0, 0.1) is 0 Å². The van der Waals surface area contributed by atoms with Crippen LogP contribution in [-0.4, -0.2) is 36.6 Å². The van der Waals surface area contributed by atoms with Gasteiger partial charge >= 0.3 is 5.97 Å². The molecule has 0 spiro atoms. The molecule has 1 aromatic rings. The molecule has 2 rings (SSSR count). The Morgan fingerprint density at radius 3 is 2.85 bits per heavy atom. The number of anilines is 1. The minimum Gasteiger partial charge on any atom is -0.469 e.